The highest BCUT2D eigenvalue weighted by molar-refractivity contribution is 5.51. The van der Waals surface area contributed by atoms with Gasteiger partial charge in [0.15, 0.2) is 0 Å². The number of rotatable bonds is 4. The van der Waals surface area contributed by atoms with Crippen molar-refractivity contribution in [2.24, 2.45) is 0 Å². The third-order valence-electron chi connectivity index (χ3n) is 4.91. The standard InChI is InChI=1S/C17H26N2/c1-3-4-13-5-7-15(8-6-13)19-16-9-10-17(19)12-14(11-16)18-2/h5-8,14,16-18H,3-4,9-12H2,1-2H3. The summed E-state index contributed by atoms with van der Waals surface area (Å²) in [7, 11) is 2.11. The summed E-state index contributed by atoms with van der Waals surface area (Å²) in [6.07, 6.45) is 7.81. The van der Waals surface area contributed by atoms with Crippen molar-refractivity contribution in [1.29, 1.82) is 0 Å². The van der Waals surface area contributed by atoms with Gasteiger partial charge in [-0.1, -0.05) is 25.5 Å². The van der Waals surface area contributed by atoms with Crippen molar-refractivity contribution < 1.29 is 0 Å². The second kappa shape index (κ2) is 5.54. The van der Waals surface area contributed by atoms with Gasteiger partial charge in [0.25, 0.3) is 0 Å². The fraction of sp³-hybridized carbons (Fsp3) is 0.647. The van der Waals surface area contributed by atoms with Crippen molar-refractivity contribution in [3.05, 3.63) is 29.8 Å². The van der Waals surface area contributed by atoms with E-state index >= 15 is 0 Å². The van der Waals surface area contributed by atoms with Gasteiger partial charge < -0.3 is 10.2 Å². The molecule has 0 aromatic heterocycles. The summed E-state index contributed by atoms with van der Waals surface area (Å²) in [4.78, 5) is 2.70. The van der Waals surface area contributed by atoms with Crippen LogP contribution in [-0.2, 0) is 6.42 Å². The molecule has 0 aliphatic carbocycles. The van der Waals surface area contributed by atoms with E-state index in [1.54, 1.807) is 0 Å². The highest BCUT2D eigenvalue weighted by Crippen LogP contribution is 2.39. The largest absolute Gasteiger partial charge is 0.365 e. The molecule has 2 nitrogen and oxygen atoms in total. The van der Waals surface area contributed by atoms with Gasteiger partial charge in [-0.05, 0) is 56.8 Å². The Morgan fingerprint density at radius 2 is 1.74 bits per heavy atom. The van der Waals surface area contributed by atoms with E-state index < -0.39 is 0 Å². The van der Waals surface area contributed by atoms with Crippen LogP contribution in [0.3, 0.4) is 0 Å². The van der Waals surface area contributed by atoms with Crippen molar-refractivity contribution in [3.63, 3.8) is 0 Å². The average Bonchev–Trinajstić information content (AvgIpc) is 2.70. The molecule has 104 valence electrons. The van der Waals surface area contributed by atoms with E-state index in [9.17, 15) is 0 Å². The van der Waals surface area contributed by atoms with Crippen LogP contribution in [0, 0.1) is 0 Å². The van der Waals surface area contributed by atoms with E-state index in [-0.39, 0.29) is 0 Å². The van der Waals surface area contributed by atoms with Crippen molar-refractivity contribution in [2.45, 2.75) is 63.6 Å². The Bertz CT molecular complexity index is 398. The van der Waals surface area contributed by atoms with E-state index in [0.717, 1.165) is 18.1 Å². The van der Waals surface area contributed by atoms with Crippen molar-refractivity contribution in [2.75, 3.05) is 11.9 Å². The fourth-order valence-electron chi connectivity index (χ4n) is 3.96. The van der Waals surface area contributed by atoms with Gasteiger partial charge in [0.1, 0.15) is 0 Å². The van der Waals surface area contributed by atoms with Crippen molar-refractivity contribution >= 4 is 5.69 Å². The molecule has 1 aromatic rings. The van der Waals surface area contributed by atoms with Crippen LogP contribution in [0.1, 0.15) is 44.6 Å². The molecule has 2 aliphatic heterocycles. The predicted molar refractivity (Wildman–Crippen MR) is 81.8 cm³/mol. The molecule has 19 heavy (non-hydrogen) atoms. The molecule has 2 saturated heterocycles. The molecule has 2 unspecified atom stereocenters. The number of benzene rings is 1. The molecule has 2 heterocycles. The van der Waals surface area contributed by atoms with Crippen LogP contribution >= 0.6 is 0 Å². The number of hydrogen-bond acceptors (Lipinski definition) is 2. The minimum Gasteiger partial charge on any atom is -0.365 e. The molecule has 0 spiro atoms. The van der Waals surface area contributed by atoms with Gasteiger partial charge in [-0.15, -0.1) is 0 Å². The average molecular weight is 258 g/mol. The minimum atomic E-state index is 0.730. The third-order valence-corrected chi connectivity index (χ3v) is 4.91. The molecule has 2 bridgehead atoms. The Hall–Kier alpha value is -1.02. The molecular weight excluding hydrogens is 232 g/mol. The first-order chi connectivity index (χ1) is 9.31. The summed E-state index contributed by atoms with van der Waals surface area (Å²) in [6, 6.07) is 11.6. The molecule has 2 fully saturated rings. The van der Waals surface area contributed by atoms with Crippen LogP contribution in [0.25, 0.3) is 0 Å². The highest BCUT2D eigenvalue weighted by Gasteiger charge is 2.40. The molecule has 2 atom stereocenters. The maximum atomic E-state index is 3.48. The van der Waals surface area contributed by atoms with Gasteiger partial charge in [-0.3, -0.25) is 0 Å². The van der Waals surface area contributed by atoms with Crippen LogP contribution in [0.15, 0.2) is 24.3 Å². The number of nitrogens with one attached hydrogen (secondary N) is 1. The van der Waals surface area contributed by atoms with Gasteiger partial charge in [-0.25, -0.2) is 0 Å². The summed E-state index contributed by atoms with van der Waals surface area (Å²) in [6.45, 7) is 2.25. The normalized spacial score (nSPS) is 29.8. The lowest BCUT2D eigenvalue weighted by Crippen LogP contribution is -2.48. The Kier molecular flexibility index (Phi) is 3.79. The number of anilines is 1. The zero-order valence-corrected chi connectivity index (χ0v) is 12.2. The molecule has 3 rings (SSSR count). The smallest absolute Gasteiger partial charge is 0.0371 e. The Labute approximate surface area is 117 Å². The van der Waals surface area contributed by atoms with Crippen LogP contribution in [0.5, 0.6) is 0 Å². The summed E-state index contributed by atoms with van der Waals surface area (Å²) in [5.74, 6) is 0. The van der Waals surface area contributed by atoms with E-state index in [0.29, 0.717) is 0 Å². The molecule has 1 aromatic carbocycles. The quantitative estimate of drug-likeness (QED) is 0.891. The van der Waals surface area contributed by atoms with Gasteiger partial charge in [0.05, 0.1) is 0 Å². The SMILES string of the molecule is CCCc1ccc(N2C3CCC2CC(NC)C3)cc1. The first kappa shape index (κ1) is 13.0. The van der Waals surface area contributed by atoms with E-state index in [2.05, 4.69) is 48.5 Å². The van der Waals surface area contributed by atoms with Gasteiger partial charge in [0, 0.05) is 23.8 Å². The lowest BCUT2D eigenvalue weighted by Gasteiger charge is -2.40. The Balaban J connectivity index is 1.76. The number of nitrogens with zero attached hydrogens (tertiary/aromatic N) is 1. The maximum Gasteiger partial charge on any atom is 0.0371 e. The summed E-state index contributed by atoms with van der Waals surface area (Å²) in [5, 5.41) is 3.48. The molecule has 2 aliphatic rings. The first-order valence-electron chi connectivity index (χ1n) is 7.86. The predicted octanol–water partition coefficient (Wildman–Crippen LogP) is 3.36. The molecular formula is C17H26N2. The van der Waals surface area contributed by atoms with Crippen molar-refractivity contribution in [1.82, 2.24) is 5.32 Å². The summed E-state index contributed by atoms with van der Waals surface area (Å²) >= 11 is 0. The van der Waals surface area contributed by atoms with Crippen LogP contribution < -0.4 is 10.2 Å². The zero-order chi connectivity index (χ0) is 13.2. The van der Waals surface area contributed by atoms with Crippen LogP contribution in [0.4, 0.5) is 5.69 Å². The Morgan fingerprint density at radius 1 is 1.11 bits per heavy atom. The fourth-order valence-corrected chi connectivity index (χ4v) is 3.96. The monoisotopic (exact) mass is 258 g/mol. The molecule has 0 radical (unpaired) electrons. The number of aryl methyl sites for hydroxylation is 1. The number of piperidine rings is 1. The second-order valence-corrected chi connectivity index (χ2v) is 6.17. The molecule has 1 N–H and O–H groups in total. The molecule has 0 saturated carbocycles. The zero-order valence-electron chi connectivity index (χ0n) is 12.2. The third kappa shape index (κ3) is 2.51. The Morgan fingerprint density at radius 3 is 2.26 bits per heavy atom. The molecule has 0 amide bonds. The van der Waals surface area contributed by atoms with E-state index in [4.69, 9.17) is 0 Å². The van der Waals surface area contributed by atoms with Gasteiger partial charge in [0.2, 0.25) is 0 Å². The first-order valence-corrected chi connectivity index (χ1v) is 7.86. The van der Waals surface area contributed by atoms with Gasteiger partial charge in [-0.2, -0.15) is 0 Å². The topological polar surface area (TPSA) is 15.3 Å². The second-order valence-electron chi connectivity index (χ2n) is 6.17. The van der Waals surface area contributed by atoms with Crippen LogP contribution in [-0.4, -0.2) is 25.2 Å². The highest BCUT2D eigenvalue weighted by atomic mass is 15.2. The lowest BCUT2D eigenvalue weighted by molar-refractivity contribution is 0.374. The lowest BCUT2D eigenvalue weighted by atomic mass is 9.96. The minimum absolute atomic E-state index is 0.730. The van der Waals surface area contributed by atoms with E-state index in [1.807, 2.05) is 0 Å². The summed E-state index contributed by atoms with van der Waals surface area (Å²) < 4.78 is 0. The van der Waals surface area contributed by atoms with Crippen LogP contribution in [0.2, 0.25) is 0 Å². The summed E-state index contributed by atoms with van der Waals surface area (Å²) in [5.41, 5.74) is 2.92. The maximum absolute atomic E-state index is 3.48. The van der Waals surface area contributed by atoms with Gasteiger partial charge >= 0.3 is 0 Å². The number of hydrogen-bond donors (Lipinski definition) is 1. The van der Waals surface area contributed by atoms with Crippen molar-refractivity contribution in [3.8, 4) is 0 Å². The number of fused-ring (bicyclic) bond motifs is 2. The molecule has 2 heteroatoms. The van der Waals surface area contributed by atoms with E-state index in [1.165, 1.54) is 49.8 Å².